The van der Waals surface area contributed by atoms with Gasteiger partial charge >= 0.3 is 0 Å². The molecule has 0 aromatic rings. The van der Waals surface area contributed by atoms with E-state index in [4.69, 9.17) is 0 Å². The van der Waals surface area contributed by atoms with Gasteiger partial charge in [0, 0.05) is 0 Å². The first-order chi connectivity index (χ1) is 5.45. The maximum absolute atomic E-state index is 2.00. The summed E-state index contributed by atoms with van der Waals surface area (Å²) in [5.41, 5.74) is 0. The maximum Gasteiger partial charge on any atom is -0.0411 e. The van der Waals surface area contributed by atoms with Crippen LogP contribution in [0.5, 0.6) is 0 Å². The number of hydrogen-bond acceptors (Lipinski definition) is 0. The van der Waals surface area contributed by atoms with Gasteiger partial charge in [0.15, 0.2) is 0 Å². The summed E-state index contributed by atoms with van der Waals surface area (Å²) in [6, 6.07) is 0. The second kappa shape index (κ2) is 9.09. The summed E-state index contributed by atoms with van der Waals surface area (Å²) in [5, 5.41) is 0. The van der Waals surface area contributed by atoms with Gasteiger partial charge in [0.05, 0.1) is 0 Å². The molecule has 2 bridgehead atoms. The summed E-state index contributed by atoms with van der Waals surface area (Å²) in [5.74, 6) is 2.34. The second-order valence-electron chi connectivity index (χ2n) is 3.12. The highest BCUT2D eigenvalue weighted by Gasteiger charge is 2.30. The smallest absolute Gasteiger partial charge is 0.0411 e. The van der Waals surface area contributed by atoms with Crippen molar-refractivity contribution in [3.8, 4) is 0 Å². The molecule has 2 aliphatic rings. The number of fused-ring (bicyclic) bond motifs is 2. The van der Waals surface area contributed by atoms with Gasteiger partial charge in [-0.2, -0.15) is 0 Å². The molecule has 12 heavy (non-hydrogen) atoms. The van der Waals surface area contributed by atoms with Crippen LogP contribution in [-0.4, -0.2) is 0 Å². The first kappa shape index (κ1) is 14.5. The van der Waals surface area contributed by atoms with Crippen molar-refractivity contribution in [3.05, 3.63) is 0 Å². The number of hydrogen-bond donors (Lipinski definition) is 0. The summed E-state index contributed by atoms with van der Waals surface area (Å²) in [6.07, 6.45) is 7.82. The topological polar surface area (TPSA) is 0 Å². The average Bonchev–Trinajstić information content (AvgIpc) is 2.74. The molecule has 0 heteroatoms. The van der Waals surface area contributed by atoms with Crippen molar-refractivity contribution in [2.45, 2.75) is 67.2 Å². The van der Waals surface area contributed by atoms with E-state index >= 15 is 0 Å². The van der Waals surface area contributed by atoms with Gasteiger partial charge in [-0.15, -0.1) is 0 Å². The Balaban J connectivity index is 0. The van der Waals surface area contributed by atoms with Crippen LogP contribution in [-0.2, 0) is 0 Å². The molecule has 0 amide bonds. The molecule has 0 N–H and O–H groups in total. The van der Waals surface area contributed by atoms with E-state index in [0.29, 0.717) is 0 Å². The zero-order valence-corrected chi connectivity index (χ0v) is 8.69. The first-order valence-electron chi connectivity index (χ1n) is 5.45. The quantitative estimate of drug-likeness (QED) is 0.488. The van der Waals surface area contributed by atoms with E-state index < -0.39 is 0 Å². The predicted octanol–water partition coefficient (Wildman–Crippen LogP) is 4.89. The lowest BCUT2D eigenvalue weighted by Gasteiger charge is -2.05. The molecule has 0 unspecified atom stereocenters. The van der Waals surface area contributed by atoms with Crippen LogP contribution in [0.4, 0.5) is 0 Å². The van der Waals surface area contributed by atoms with Crippen LogP contribution < -0.4 is 0 Å². The molecule has 76 valence electrons. The van der Waals surface area contributed by atoms with Crippen molar-refractivity contribution < 1.29 is 0 Å². The lowest BCUT2D eigenvalue weighted by atomic mass is 10.0. The molecule has 0 atom stereocenters. The van der Waals surface area contributed by atoms with Gasteiger partial charge in [-0.3, -0.25) is 0 Å². The Labute approximate surface area is 79.8 Å². The Kier molecular flexibility index (Phi) is 11.0. The molecule has 0 aromatic carbocycles. The normalized spacial score (nSPS) is 29.0. The fraction of sp³-hybridized carbons (Fsp3) is 1.00. The van der Waals surface area contributed by atoms with Crippen LogP contribution in [0.25, 0.3) is 0 Å². The molecule has 0 aromatic heterocycles. The van der Waals surface area contributed by atoms with E-state index in [1.807, 2.05) is 27.7 Å². The van der Waals surface area contributed by atoms with Crippen molar-refractivity contribution >= 4 is 0 Å². The Hall–Kier alpha value is 0. The largest absolute Gasteiger partial charge is 0.0776 e. The van der Waals surface area contributed by atoms with E-state index in [1.165, 1.54) is 11.8 Å². The minimum Gasteiger partial charge on any atom is -0.0776 e. The van der Waals surface area contributed by atoms with E-state index in [0.717, 1.165) is 0 Å². The molecule has 0 nitrogen and oxygen atoms in total. The van der Waals surface area contributed by atoms with Crippen LogP contribution in [0.1, 0.15) is 67.2 Å². The molecule has 2 saturated carbocycles. The van der Waals surface area contributed by atoms with Gasteiger partial charge in [-0.1, -0.05) is 60.8 Å². The maximum atomic E-state index is 2.00. The fourth-order valence-corrected chi connectivity index (χ4v) is 2.17. The van der Waals surface area contributed by atoms with Crippen LogP contribution in [0, 0.1) is 11.8 Å². The standard InChI is InChI=1S/C7H12.2C2H6.CH4/c1-2-7-4-3-6(1)5-7;2*1-2;/h6-7H,1-5H2;2*1-2H3;1H4. The Morgan fingerprint density at radius 3 is 1.00 bits per heavy atom. The third-order valence-electron chi connectivity index (χ3n) is 2.63. The van der Waals surface area contributed by atoms with Gasteiger partial charge in [0.2, 0.25) is 0 Å². The van der Waals surface area contributed by atoms with Gasteiger partial charge < -0.3 is 0 Å². The zero-order valence-electron chi connectivity index (χ0n) is 8.69. The highest BCUT2D eigenvalue weighted by Crippen LogP contribution is 2.43. The van der Waals surface area contributed by atoms with Gasteiger partial charge in [0.25, 0.3) is 0 Å². The zero-order chi connectivity index (χ0) is 8.69. The third-order valence-corrected chi connectivity index (χ3v) is 2.63. The van der Waals surface area contributed by atoms with Crippen molar-refractivity contribution in [1.82, 2.24) is 0 Å². The van der Waals surface area contributed by atoms with Gasteiger partial charge in [-0.05, 0) is 18.3 Å². The minimum atomic E-state index is 0. The fourth-order valence-electron chi connectivity index (χ4n) is 2.17. The van der Waals surface area contributed by atoms with Crippen LogP contribution in [0.15, 0.2) is 0 Å². The van der Waals surface area contributed by atoms with Gasteiger partial charge in [0.1, 0.15) is 0 Å². The van der Waals surface area contributed by atoms with E-state index in [-0.39, 0.29) is 7.43 Å². The molecular weight excluding hydrogens is 144 g/mol. The molecule has 0 aliphatic heterocycles. The molecule has 2 fully saturated rings. The molecule has 0 heterocycles. The monoisotopic (exact) mass is 172 g/mol. The number of rotatable bonds is 0. The Morgan fingerprint density at radius 1 is 0.667 bits per heavy atom. The predicted molar refractivity (Wildman–Crippen MR) is 59.5 cm³/mol. The summed E-state index contributed by atoms with van der Waals surface area (Å²) < 4.78 is 0. The molecule has 2 rings (SSSR count). The molecule has 0 spiro atoms. The van der Waals surface area contributed by atoms with Crippen LogP contribution >= 0.6 is 0 Å². The van der Waals surface area contributed by atoms with E-state index in [1.54, 1.807) is 32.1 Å². The van der Waals surface area contributed by atoms with Gasteiger partial charge in [-0.25, -0.2) is 0 Å². The summed E-state index contributed by atoms with van der Waals surface area (Å²) in [4.78, 5) is 0. The highest BCUT2D eigenvalue weighted by molar-refractivity contribution is 4.82. The summed E-state index contributed by atoms with van der Waals surface area (Å²) in [7, 11) is 0. The summed E-state index contributed by atoms with van der Waals surface area (Å²) >= 11 is 0. The molecule has 0 radical (unpaired) electrons. The van der Waals surface area contributed by atoms with E-state index in [9.17, 15) is 0 Å². The third kappa shape index (κ3) is 4.13. The minimum absolute atomic E-state index is 0. The average molecular weight is 172 g/mol. The first-order valence-corrected chi connectivity index (χ1v) is 5.45. The van der Waals surface area contributed by atoms with Crippen molar-refractivity contribution in [2.24, 2.45) is 11.8 Å². The van der Waals surface area contributed by atoms with Crippen molar-refractivity contribution in [2.75, 3.05) is 0 Å². The molecular formula is C12H28. The van der Waals surface area contributed by atoms with Crippen molar-refractivity contribution in [3.63, 3.8) is 0 Å². The van der Waals surface area contributed by atoms with Crippen molar-refractivity contribution in [1.29, 1.82) is 0 Å². The van der Waals surface area contributed by atoms with Crippen LogP contribution in [0.2, 0.25) is 0 Å². The SMILES string of the molecule is C.C1CC2CCC1C2.CC.CC. The van der Waals surface area contributed by atoms with E-state index in [2.05, 4.69) is 0 Å². The lowest BCUT2D eigenvalue weighted by molar-refractivity contribution is 0.480. The van der Waals surface area contributed by atoms with Crippen LogP contribution in [0.3, 0.4) is 0 Å². The highest BCUT2D eigenvalue weighted by atomic mass is 14.4. The molecule has 2 aliphatic carbocycles. The lowest BCUT2D eigenvalue weighted by Crippen LogP contribution is -1.90. The molecule has 0 saturated heterocycles. The Bertz CT molecular complexity index is 58.1. The second-order valence-corrected chi connectivity index (χ2v) is 3.12. The Morgan fingerprint density at radius 2 is 0.917 bits per heavy atom. The summed E-state index contributed by atoms with van der Waals surface area (Å²) in [6.45, 7) is 8.00.